The van der Waals surface area contributed by atoms with Gasteiger partial charge in [-0.25, -0.2) is 9.37 Å². The van der Waals surface area contributed by atoms with Crippen molar-refractivity contribution in [2.45, 2.75) is 6.92 Å². The Labute approximate surface area is 112 Å². The van der Waals surface area contributed by atoms with Gasteiger partial charge in [0.15, 0.2) is 0 Å². The van der Waals surface area contributed by atoms with E-state index in [1.165, 1.54) is 24.4 Å². The van der Waals surface area contributed by atoms with Crippen LogP contribution in [-0.4, -0.2) is 10.9 Å². The Kier molecular flexibility index (Phi) is 3.72. The molecule has 1 N–H and O–H groups in total. The quantitative estimate of drug-likeness (QED) is 0.862. The highest BCUT2D eigenvalue weighted by molar-refractivity contribution is 9.10. The molecule has 0 radical (unpaired) electrons. The van der Waals surface area contributed by atoms with Crippen LogP contribution in [0.4, 0.5) is 10.1 Å². The number of nitrogens with one attached hydrogen (secondary N) is 1. The van der Waals surface area contributed by atoms with Crippen molar-refractivity contribution in [1.82, 2.24) is 4.98 Å². The van der Waals surface area contributed by atoms with E-state index in [2.05, 4.69) is 26.2 Å². The number of halogens is 2. The SMILES string of the molecule is Cc1cc(F)ccc1NC(=O)c1ccc(Br)nc1. The van der Waals surface area contributed by atoms with Crippen LogP contribution in [0, 0.1) is 12.7 Å². The van der Waals surface area contributed by atoms with Crippen molar-refractivity contribution in [3.8, 4) is 0 Å². The summed E-state index contributed by atoms with van der Waals surface area (Å²) in [5.41, 5.74) is 1.71. The first kappa shape index (κ1) is 12.7. The van der Waals surface area contributed by atoms with Gasteiger partial charge in [0.1, 0.15) is 10.4 Å². The molecule has 1 aromatic carbocycles. The van der Waals surface area contributed by atoms with Crippen molar-refractivity contribution in [3.05, 3.63) is 58.1 Å². The summed E-state index contributed by atoms with van der Waals surface area (Å²) in [6.45, 7) is 1.73. The second-order valence-corrected chi connectivity index (χ2v) is 4.60. The van der Waals surface area contributed by atoms with Gasteiger partial charge in [0.05, 0.1) is 5.56 Å². The van der Waals surface area contributed by atoms with E-state index in [0.29, 0.717) is 21.4 Å². The third kappa shape index (κ3) is 2.92. The van der Waals surface area contributed by atoms with E-state index >= 15 is 0 Å². The highest BCUT2D eigenvalue weighted by Crippen LogP contribution is 2.17. The van der Waals surface area contributed by atoms with Crippen LogP contribution in [0.15, 0.2) is 41.1 Å². The van der Waals surface area contributed by atoms with Gasteiger partial charge in [-0.1, -0.05) is 0 Å². The van der Waals surface area contributed by atoms with Gasteiger partial charge in [-0.15, -0.1) is 0 Å². The lowest BCUT2D eigenvalue weighted by Crippen LogP contribution is -2.13. The predicted molar refractivity (Wildman–Crippen MR) is 71.0 cm³/mol. The van der Waals surface area contributed by atoms with Crippen LogP contribution < -0.4 is 5.32 Å². The maximum absolute atomic E-state index is 12.9. The average molecular weight is 309 g/mol. The lowest BCUT2D eigenvalue weighted by molar-refractivity contribution is 0.102. The number of nitrogens with zero attached hydrogens (tertiary/aromatic N) is 1. The van der Waals surface area contributed by atoms with Crippen LogP contribution >= 0.6 is 15.9 Å². The van der Waals surface area contributed by atoms with Crippen molar-refractivity contribution in [1.29, 1.82) is 0 Å². The molecule has 0 atom stereocenters. The molecule has 3 nitrogen and oxygen atoms in total. The Bertz CT molecular complexity index is 584. The third-order valence-corrected chi connectivity index (χ3v) is 2.90. The second kappa shape index (κ2) is 5.27. The van der Waals surface area contributed by atoms with Gasteiger partial charge in [-0.3, -0.25) is 4.79 Å². The normalized spacial score (nSPS) is 10.2. The van der Waals surface area contributed by atoms with Gasteiger partial charge in [0, 0.05) is 11.9 Å². The van der Waals surface area contributed by atoms with E-state index in [-0.39, 0.29) is 11.7 Å². The Hall–Kier alpha value is -1.75. The number of benzene rings is 1. The van der Waals surface area contributed by atoms with Gasteiger partial charge >= 0.3 is 0 Å². The number of carbonyl (C=O) groups excluding carboxylic acids is 1. The predicted octanol–water partition coefficient (Wildman–Crippen LogP) is 3.54. The van der Waals surface area contributed by atoms with Crippen LogP contribution in [0.5, 0.6) is 0 Å². The van der Waals surface area contributed by atoms with Crippen LogP contribution in [0.3, 0.4) is 0 Å². The Morgan fingerprint density at radius 3 is 2.72 bits per heavy atom. The van der Waals surface area contributed by atoms with E-state index in [1.807, 2.05) is 0 Å². The van der Waals surface area contributed by atoms with E-state index in [1.54, 1.807) is 19.1 Å². The minimum Gasteiger partial charge on any atom is -0.322 e. The molecule has 0 aliphatic rings. The number of aromatic nitrogens is 1. The molecule has 92 valence electrons. The molecule has 0 aliphatic carbocycles. The molecule has 1 heterocycles. The molecule has 0 saturated carbocycles. The first-order valence-corrected chi connectivity index (χ1v) is 6.04. The van der Waals surface area contributed by atoms with E-state index < -0.39 is 0 Å². The highest BCUT2D eigenvalue weighted by atomic mass is 79.9. The summed E-state index contributed by atoms with van der Waals surface area (Å²) in [7, 11) is 0. The number of hydrogen-bond donors (Lipinski definition) is 1. The number of anilines is 1. The molecule has 0 unspecified atom stereocenters. The molecule has 0 saturated heterocycles. The van der Waals surface area contributed by atoms with Crippen molar-refractivity contribution in [3.63, 3.8) is 0 Å². The van der Waals surface area contributed by atoms with Gasteiger partial charge in [0.25, 0.3) is 5.91 Å². The maximum Gasteiger partial charge on any atom is 0.257 e. The highest BCUT2D eigenvalue weighted by Gasteiger charge is 2.08. The number of aryl methyl sites for hydroxylation is 1. The molecule has 0 bridgehead atoms. The zero-order valence-electron chi connectivity index (χ0n) is 9.58. The topological polar surface area (TPSA) is 42.0 Å². The molecule has 0 spiro atoms. The smallest absolute Gasteiger partial charge is 0.257 e. The van der Waals surface area contributed by atoms with E-state index in [9.17, 15) is 9.18 Å². The summed E-state index contributed by atoms with van der Waals surface area (Å²) >= 11 is 3.20. The summed E-state index contributed by atoms with van der Waals surface area (Å²) in [4.78, 5) is 15.9. The van der Waals surface area contributed by atoms with Crippen LogP contribution in [0.2, 0.25) is 0 Å². The summed E-state index contributed by atoms with van der Waals surface area (Å²) in [6.07, 6.45) is 1.47. The van der Waals surface area contributed by atoms with Gasteiger partial charge < -0.3 is 5.32 Å². The second-order valence-electron chi connectivity index (χ2n) is 3.78. The van der Waals surface area contributed by atoms with Crippen molar-refractivity contribution in [2.75, 3.05) is 5.32 Å². The zero-order valence-corrected chi connectivity index (χ0v) is 11.2. The van der Waals surface area contributed by atoms with Crippen LogP contribution in [0.1, 0.15) is 15.9 Å². The fraction of sp³-hybridized carbons (Fsp3) is 0.0769. The number of carbonyl (C=O) groups is 1. The molecule has 5 heteroatoms. The first-order valence-electron chi connectivity index (χ1n) is 5.25. The number of pyridine rings is 1. The van der Waals surface area contributed by atoms with Crippen molar-refractivity contribution < 1.29 is 9.18 Å². The van der Waals surface area contributed by atoms with E-state index in [4.69, 9.17) is 0 Å². The molecular weight excluding hydrogens is 299 g/mol. The number of hydrogen-bond acceptors (Lipinski definition) is 2. The fourth-order valence-electron chi connectivity index (χ4n) is 1.47. The van der Waals surface area contributed by atoms with E-state index in [0.717, 1.165) is 0 Å². The van der Waals surface area contributed by atoms with Gasteiger partial charge in [-0.2, -0.15) is 0 Å². The van der Waals surface area contributed by atoms with Crippen LogP contribution in [0.25, 0.3) is 0 Å². The Balaban J connectivity index is 2.18. The summed E-state index contributed by atoms with van der Waals surface area (Å²) < 4.78 is 13.6. The monoisotopic (exact) mass is 308 g/mol. The zero-order chi connectivity index (χ0) is 13.1. The number of rotatable bonds is 2. The summed E-state index contributed by atoms with van der Waals surface area (Å²) in [5.74, 6) is -0.597. The molecule has 1 aromatic heterocycles. The molecular formula is C13H10BrFN2O. The fourth-order valence-corrected chi connectivity index (χ4v) is 1.71. The maximum atomic E-state index is 12.9. The Morgan fingerprint density at radius 1 is 1.33 bits per heavy atom. The lowest BCUT2D eigenvalue weighted by Gasteiger charge is -2.08. The molecule has 0 aliphatic heterocycles. The van der Waals surface area contributed by atoms with Gasteiger partial charge in [-0.05, 0) is 58.7 Å². The minimum atomic E-state index is -0.323. The molecule has 0 fully saturated rings. The molecule has 1 amide bonds. The lowest BCUT2D eigenvalue weighted by atomic mass is 10.2. The summed E-state index contributed by atoms with van der Waals surface area (Å²) in [6, 6.07) is 7.56. The largest absolute Gasteiger partial charge is 0.322 e. The average Bonchev–Trinajstić information content (AvgIpc) is 2.33. The van der Waals surface area contributed by atoms with Crippen molar-refractivity contribution >= 4 is 27.5 Å². The van der Waals surface area contributed by atoms with Crippen LogP contribution in [-0.2, 0) is 0 Å². The molecule has 18 heavy (non-hydrogen) atoms. The standard InChI is InChI=1S/C13H10BrFN2O/c1-8-6-10(15)3-4-11(8)17-13(18)9-2-5-12(14)16-7-9/h2-7H,1H3,(H,17,18). The van der Waals surface area contributed by atoms with Gasteiger partial charge in [0.2, 0.25) is 0 Å². The van der Waals surface area contributed by atoms with Crippen molar-refractivity contribution in [2.24, 2.45) is 0 Å². The Morgan fingerprint density at radius 2 is 2.11 bits per heavy atom. The molecule has 2 aromatic rings. The molecule has 2 rings (SSSR count). The number of amides is 1. The first-order chi connectivity index (χ1) is 8.56. The minimum absolute atomic E-state index is 0.273. The third-order valence-electron chi connectivity index (χ3n) is 2.43. The summed E-state index contributed by atoms with van der Waals surface area (Å²) in [5, 5.41) is 2.71.